The maximum atomic E-state index is 10.9. The molecule has 1 amide bonds. The van der Waals surface area contributed by atoms with Crippen molar-refractivity contribution in [2.24, 2.45) is 0 Å². The molecule has 0 radical (unpaired) electrons. The first kappa shape index (κ1) is 10.2. The minimum atomic E-state index is -0.0422. The molecule has 0 saturated heterocycles. The number of benzene rings is 1. The SMILES string of the molecule is CC(=O)N(I)c1ccc(C=O)cc1. The lowest BCUT2D eigenvalue weighted by atomic mass is 10.2. The number of carbonyl (C=O) groups is 2. The minimum absolute atomic E-state index is 0.0422. The van der Waals surface area contributed by atoms with Gasteiger partial charge in [-0.3, -0.25) is 12.7 Å². The topological polar surface area (TPSA) is 37.4 Å². The second-order valence-corrected chi connectivity index (χ2v) is 3.47. The third kappa shape index (κ3) is 2.51. The average Bonchev–Trinajstić information content (AvgIpc) is 2.17. The average molecular weight is 289 g/mol. The van der Waals surface area contributed by atoms with E-state index in [0.717, 1.165) is 12.0 Å². The van der Waals surface area contributed by atoms with Gasteiger partial charge < -0.3 is 0 Å². The lowest BCUT2D eigenvalue weighted by molar-refractivity contribution is -0.115. The van der Waals surface area contributed by atoms with Crippen molar-refractivity contribution in [2.45, 2.75) is 6.92 Å². The summed E-state index contributed by atoms with van der Waals surface area (Å²) in [6.07, 6.45) is 0.773. The molecular weight excluding hydrogens is 281 g/mol. The van der Waals surface area contributed by atoms with Gasteiger partial charge in [0.2, 0.25) is 5.91 Å². The second kappa shape index (κ2) is 4.36. The van der Waals surface area contributed by atoms with E-state index in [1.807, 2.05) is 22.9 Å². The fraction of sp³-hybridized carbons (Fsp3) is 0.111. The zero-order valence-electron chi connectivity index (χ0n) is 7.03. The molecule has 0 aliphatic rings. The van der Waals surface area contributed by atoms with Gasteiger partial charge in [0.25, 0.3) is 0 Å². The van der Waals surface area contributed by atoms with E-state index in [1.54, 1.807) is 24.3 Å². The molecular formula is C9H8INO2. The first-order valence-electron chi connectivity index (χ1n) is 3.67. The van der Waals surface area contributed by atoms with Gasteiger partial charge in [0, 0.05) is 12.5 Å². The van der Waals surface area contributed by atoms with E-state index >= 15 is 0 Å². The van der Waals surface area contributed by atoms with Crippen molar-refractivity contribution in [3.63, 3.8) is 0 Å². The molecule has 0 aliphatic carbocycles. The van der Waals surface area contributed by atoms with Crippen molar-refractivity contribution in [3.8, 4) is 0 Å². The highest BCUT2D eigenvalue weighted by Crippen LogP contribution is 2.18. The monoisotopic (exact) mass is 289 g/mol. The van der Waals surface area contributed by atoms with Gasteiger partial charge in [-0.15, -0.1) is 0 Å². The van der Waals surface area contributed by atoms with Crippen LogP contribution < -0.4 is 3.11 Å². The fourth-order valence-electron chi connectivity index (χ4n) is 0.866. The fourth-order valence-corrected chi connectivity index (χ4v) is 1.19. The van der Waals surface area contributed by atoms with E-state index in [4.69, 9.17) is 0 Å². The quantitative estimate of drug-likeness (QED) is 0.475. The zero-order chi connectivity index (χ0) is 9.84. The molecule has 3 nitrogen and oxygen atoms in total. The van der Waals surface area contributed by atoms with E-state index in [2.05, 4.69) is 0 Å². The number of hydrogen-bond donors (Lipinski definition) is 0. The molecule has 0 N–H and O–H groups in total. The summed E-state index contributed by atoms with van der Waals surface area (Å²) in [5.74, 6) is -0.0422. The van der Waals surface area contributed by atoms with Gasteiger partial charge in [-0.2, -0.15) is 0 Å². The predicted octanol–water partition coefficient (Wildman–Crippen LogP) is 2.20. The molecule has 1 aromatic carbocycles. The Labute approximate surface area is 90.2 Å². The van der Waals surface area contributed by atoms with Crippen molar-refractivity contribution in [1.29, 1.82) is 0 Å². The predicted molar refractivity (Wildman–Crippen MR) is 59.0 cm³/mol. The molecule has 0 heterocycles. The van der Waals surface area contributed by atoms with Crippen LogP contribution in [0.2, 0.25) is 0 Å². The third-order valence-corrected chi connectivity index (χ3v) is 2.77. The van der Waals surface area contributed by atoms with Crippen LogP contribution in [-0.2, 0) is 4.79 Å². The normalized spacial score (nSPS) is 9.38. The Morgan fingerprint density at radius 1 is 1.38 bits per heavy atom. The van der Waals surface area contributed by atoms with Crippen LogP contribution in [0.25, 0.3) is 0 Å². The molecule has 0 spiro atoms. The van der Waals surface area contributed by atoms with Crippen molar-refractivity contribution in [2.75, 3.05) is 3.11 Å². The summed E-state index contributed by atoms with van der Waals surface area (Å²) in [6, 6.07) is 6.82. The summed E-state index contributed by atoms with van der Waals surface area (Å²) in [7, 11) is 0. The molecule has 0 atom stereocenters. The van der Waals surface area contributed by atoms with Crippen molar-refractivity contribution < 1.29 is 9.59 Å². The van der Waals surface area contributed by atoms with Gasteiger partial charge in [0.05, 0.1) is 28.6 Å². The number of aldehydes is 1. The molecule has 0 fully saturated rings. The highest BCUT2D eigenvalue weighted by atomic mass is 127. The standard InChI is InChI=1S/C9H8INO2/c1-7(13)11(10)9-4-2-8(6-12)3-5-9/h2-6H,1H3. The van der Waals surface area contributed by atoms with Gasteiger partial charge in [-0.05, 0) is 24.3 Å². The molecule has 1 aromatic rings. The summed E-state index contributed by atoms with van der Waals surface area (Å²) in [5.41, 5.74) is 1.39. The Balaban J connectivity index is 2.91. The van der Waals surface area contributed by atoms with Gasteiger partial charge in [-0.1, -0.05) is 0 Å². The Morgan fingerprint density at radius 3 is 2.31 bits per heavy atom. The minimum Gasteiger partial charge on any atom is -0.298 e. The van der Waals surface area contributed by atoms with Crippen LogP contribution in [0.3, 0.4) is 0 Å². The van der Waals surface area contributed by atoms with Crippen LogP contribution in [0.15, 0.2) is 24.3 Å². The Morgan fingerprint density at radius 2 is 1.92 bits per heavy atom. The summed E-state index contributed by atoms with van der Waals surface area (Å²) >= 11 is 1.92. The summed E-state index contributed by atoms with van der Waals surface area (Å²) in [6.45, 7) is 1.49. The van der Waals surface area contributed by atoms with Crippen LogP contribution in [0.1, 0.15) is 17.3 Å². The van der Waals surface area contributed by atoms with Gasteiger partial charge >= 0.3 is 0 Å². The lowest BCUT2D eigenvalue weighted by Crippen LogP contribution is -2.15. The number of amides is 1. The first-order chi connectivity index (χ1) is 6.15. The van der Waals surface area contributed by atoms with Gasteiger partial charge in [0.15, 0.2) is 0 Å². The van der Waals surface area contributed by atoms with Gasteiger partial charge in [0.1, 0.15) is 6.29 Å². The molecule has 0 aliphatic heterocycles. The van der Waals surface area contributed by atoms with E-state index in [0.29, 0.717) is 5.56 Å². The Bertz CT molecular complexity index is 321. The maximum absolute atomic E-state index is 10.9. The number of rotatable bonds is 2. The second-order valence-electron chi connectivity index (χ2n) is 2.51. The van der Waals surface area contributed by atoms with E-state index < -0.39 is 0 Å². The molecule has 0 saturated carbocycles. The lowest BCUT2D eigenvalue weighted by Gasteiger charge is -2.11. The third-order valence-electron chi connectivity index (χ3n) is 1.53. The van der Waals surface area contributed by atoms with E-state index in [-0.39, 0.29) is 5.91 Å². The summed E-state index contributed by atoms with van der Waals surface area (Å²) < 4.78 is 1.49. The maximum Gasteiger partial charge on any atom is 0.232 e. The Hall–Kier alpha value is -0.910. The zero-order valence-corrected chi connectivity index (χ0v) is 9.19. The number of carbonyl (C=O) groups excluding carboxylic acids is 2. The van der Waals surface area contributed by atoms with Crippen LogP contribution >= 0.6 is 22.9 Å². The molecule has 13 heavy (non-hydrogen) atoms. The van der Waals surface area contributed by atoms with Gasteiger partial charge in [-0.25, -0.2) is 0 Å². The smallest absolute Gasteiger partial charge is 0.232 e. The van der Waals surface area contributed by atoms with E-state index in [9.17, 15) is 9.59 Å². The van der Waals surface area contributed by atoms with Crippen molar-refractivity contribution >= 4 is 40.7 Å². The molecule has 0 unspecified atom stereocenters. The van der Waals surface area contributed by atoms with Crippen LogP contribution in [-0.4, -0.2) is 12.2 Å². The summed E-state index contributed by atoms with van der Waals surface area (Å²) in [5, 5.41) is 0. The molecule has 1 rings (SSSR count). The highest BCUT2D eigenvalue weighted by Gasteiger charge is 2.06. The number of anilines is 1. The molecule has 4 heteroatoms. The molecule has 68 valence electrons. The number of halogens is 1. The summed E-state index contributed by atoms with van der Waals surface area (Å²) in [4.78, 5) is 21.3. The molecule has 0 bridgehead atoms. The first-order valence-corrected chi connectivity index (χ1v) is 4.63. The Kier molecular flexibility index (Phi) is 3.41. The van der Waals surface area contributed by atoms with Crippen molar-refractivity contribution in [3.05, 3.63) is 29.8 Å². The highest BCUT2D eigenvalue weighted by molar-refractivity contribution is 14.1. The number of nitrogens with zero attached hydrogens (tertiary/aromatic N) is 1. The van der Waals surface area contributed by atoms with E-state index in [1.165, 1.54) is 10.0 Å². The number of hydrogen-bond acceptors (Lipinski definition) is 2. The molecule has 0 aromatic heterocycles. The largest absolute Gasteiger partial charge is 0.298 e. The van der Waals surface area contributed by atoms with Crippen LogP contribution in [0, 0.1) is 0 Å². The van der Waals surface area contributed by atoms with Crippen LogP contribution in [0.4, 0.5) is 5.69 Å². The van der Waals surface area contributed by atoms with Crippen LogP contribution in [0.5, 0.6) is 0 Å². The van der Waals surface area contributed by atoms with Crippen molar-refractivity contribution in [1.82, 2.24) is 0 Å².